The summed E-state index contributed by atoms with van der Waals surface area (Å²) in [4.78, 5) is 4.53. The van der Waals surface area contributed by atoms with Gasteiger partial charge in [0.2, 0.25) is 0 Å². The van der Waals surface area contributed by atoms with Gasteiger partial charge in [-0.2, -0.15) is 10.2 Å². The lowest BCUT2D eigenvalue weighted by Crippen LogP contribution is -2.02. The maximum atomic E-state index is 6.10. The largest absolute Gasteiger partial charge is 0.380 e. The van der Waals surface area contributed by atoms with E-state index in [2.05, 4.69) is 63.7 Å². The molecule has 0 amide bonds. The predicted molar refractivity (Wildman–Crippen MR) is 107 cm³/mol. The highest BCUT2D eigenvalue weighted by Gasteiger charge is 2.12. The van der Waals surface area contributed by atoms with Gasteiger partial charge >= 0.3 is 0 Å². The topological polar surface area (TPSA) is 74.6 Å². The molecule has 2 aromatic carbocycles. The molecule has 0 unspecified atom stereocenters. The Labute approximate surface area is 155 Å². The average Bonchev–Trinajstić information content (AvgIpc) is 3.25. The molecule has 5 rings (SSSR count). The van der Waals surface area contributed by atoms with Crippen molar-refractivity contribution in [1.82, 2.24) is 24.5 Å². The quantitative estimate of drug-likeness (QED) is 0.537. The van der Waals surface area contributed by atoms with E-state index in [1.54, 1.807) is 4.68 Å². The standard InChI is InChI=1S/C21H18N6/c1-26-13-18(11-24-26)17-9-19-20(23-10-17)21(22)25-27(19)12-14-6-7-15-4-2-3-5-16(15)8-14/h2-11,13H,12H2,1H3,(H2,22,25). The van der Waals surface area contributed by atoms with Crippen molar-refractivity contribution in [2.24, 2.45) is 7.05 Å². The molecule has 0 fully saturated rings. The first-order valence-corrected chi connectivity index (χ1v) is 8.76. The molecular weight excluding hydrogens is 336 g/mol. The number of rotatable bonds is 3. The molecule has 5 aromatic rings. The van der Waals surface area contributed by atoms with Gasteiger partial charge in [0.15, 0.2) is 5.82 Å². The molecule has 0 atom stereocenters. The molecule has 2 N–H and O–H groups in total. The van der Waals surface area contributed by atoms with Gasteiger partial charge in [-0.1, -0.05) is 36.4 Å². The summed E-state index contributed by atoms with van der Waals surface area (Å²) < 4.78 is 3.70. The Bertz CT molecular complexity index is 1280. The molecule has 0 saturated carbocycles. The number of aromatic nitrogens is 5. The van der Waals surface area contributed by atoms with E-state index in [0.717, 1.165) is 22.2 Å². The van der Waals surface area contributed by atoms with Crippen LogP contribution in [-0.2, 0) is 13.6 Å². The van der Waals surface area contributed by atoms with Crippen molar-refractivity contribution in [1.29, 1.82) is 0 Å². The summed E-state index contributed by atoms with van der Waals surface area (Å²) in [7, 11) is 1.90. The van der Waals surface area contributed by atoms with E-state index in [0.29, 0.717) is 12.4 Å². The lowest BCUT2D eigenvalue weighted by atomic mass is 10.1. The van der Waals surface area contributed by atoms with Gasteiger partial charge in [-0.15, -0.1) is 0 Å². The second-order valence-electron chi connectivity index (χ2n) is 6.72. The van der Waals surface area contributed by atoms with E-state index in [1.165, 1.54) is 16.3 Å². The van der Waals surface area contributed by atoms with Gasteiger partial charge in [0.05, 0.1) is 18.3 Å². The third kappa shape index (κ3) is 2.71. The predicted octanol–water partition coefficient (Wildman–Crippen LogP) is 3.62. The number of nitrogens with zero attached hydrogens (tertiary/aromatic N) is 5. The molecule has 0 aliphatic carbocycles. The fourth-order valence-corrected chi connectivity index (χ4v) is 3.44. The molecule has 0 spiro atoms. The van der Waals surface area contributed by atoms with E-state index in [4.69, 9.17) is 5.73 Å². The van der Waals surface area contributed by atoms with E-state index in [1.807, 2.05) is 30.3 Å². The fraction of sp³-hybridized carbons (Fsp3) is 0.0952. The van der Waals surface area contributed by atoms with Crippen LogP contribution in [0.25, 0.3) is 32.9 Å². The normalized spacial score (nSPS) is 11.4. The van der Waals surface area contributed by atoms with Crippen LogP contribution in [-0.4, -0.2) is 24.5 Å². The summed E-state index contributed by atoms with van der Waals surface area (Å²) in [5.41, 5.74) is 10.9. The van der Waals surface area contributed by atoms with Crippen LogP contribution >= 0.6 is 0 Å². The van der Waals surface area contributed by atoms with Crippen LogP contribution in [0.3, 0.4) is 0 Å². The van der Waals surface area contributed by atoms with Gasteiger partial charge in [0, 0.05) is 30.6 Å². The second-order valence-corrected chi connectivity index (χ2v) is 6.72. The number of nitrogen functional groups attached to an aromatic ring is 1. The van der Waals surface area contributed by atoms with E-state index in [-0.39, 0.29) is 0 Å². The average molecular weight is 354 g/mol. The maximum absolute atomic E-state index is 6.10. The van der Waals surface area contributed by atoms with Gasteiger partial charge in [-0.05, 0) is 28.5 Å². The number of nitrogens with two attached hydrogens (primary N) is 1. The van der Waals surface area contributed by atoms with Crippen molar-refractivity contribution >= 4 is 27.6 Å². The molecule has 3 aromatic heterocycles. The number of fused-ring (bicyclic) bond motifs is 2. The van der Waals surface area contributed by atoms with Gasteiger partial charge in [-0.25, -0.2) is 0 Å². The Morgan fingerprint density at radius 1 is 0.963 bits per heavy atom. The Morgan fingerprint density at radius 3 is 2.63 bits per heavy atom. The van der Waals surface area contributed by atoms with Crippen molar-refractivity contribution in [2.75, 3.05) is 5.73 Å². The van der Waals surface area contributed by atoms with Gasteiger partial charge < -0.3 is 5.73 Å². The number of pyridine rings is 1. The first-order valence-electron chi connectivity index (χ1n) is 8.76. The highest BCUT2D eigenvalue weighted by atomic mass is 15.3. The molecular formula is C21H18N6. The molecule has 0 saturated heterocycles. The van der Waals surface area contributed by atoms with Crippen LogP contribution < -0.4 is 5.73 Å². The van der Waals surface area contributed by atoms with Crippen LogP contribution in [0, 0.1) is 0 Å². The minimum absolute atomic E-state index is 0.448. The lowest BCUT2D eigenvalue weighted by Gasteiger charge is -2.06. The molecule has 27 heavy (non-hydrogen) atoms. The summed E-state index contributed by atoms with van der Waals surface area (Å²) in [6.45, 7) is 0.636. The highest BCUT2D eigenvalue weighted by Crippen LogP contribution is 2.26. The van der Waals surface area contributed by atoms with Gasteiger partial charge in [0.1, 0.15) is 5.52 Å². The van der Waals surface area contributed by atoms with Crippen LogP contribution in [0.4, 0.5) is 5.82 Å². The fourth-order valence-electron chi connectivity index (χ4n) is 3.44. The Kier molecular flexibility index (Phi) is 3.43. The second kappa shape index (κ2) is 5.95. The first-order chi connectivity index (χ1) is 13.2. The van der Waals surface area contributed by atoms with Gasteiger partial charge in [0.25, 0.3) is 0 Å². The Hall–Kier alpha value is -3.67. The number of aryl methyl sites for hydroxylation is 1. The third-order valence-electron chi connectivity index (χ3n) is 4.80. The van der Waals surface area contributed by atoms with Gasteiger partial charge in [-0.3, -0.25) is 14.3 Å². The SMILES string of the molecule is Cn1cc(-c2cnc3c(N)nn(Cc4ccc5ccccc5c4)c3c2)cn1. The van der Waals surface area contributed by atoms with E-state index in [9.17, 15) is 0 Å². The number of benzene rings is 2. The summed E-state index contributed by atoms with van der Waals surface area (Å²) in [5, 5.41) is 11.2. The zero-order chi connectivity index (χ0) is 18.4. The van der Waals surface area contributed by atoms with Crippen molar-refractivity contribution in [3.8, 4) is 11.1 Å². The van der Waals surface area contributed by atoms with Crippen LogP contribution in [0.2, 0.25) is 0 Å². The lowest BCUT2D eigenvalue weighted by molar-refractivity contribution is 0.716. The van der Waals surface area contributed by atoms with Crippen molar-refractivity contribution in [2.45, 2.75) is 6.54 Å². The first kappa shape index (κ1) is 15.6. The zero-order valence-electron chi connectivity index (χ0n) is 14.9. The Balaban J connectivity index is 1.59. The smallest absolute Gasteiger partial charge is 0.172 e. The summed E-state index contributed by atoms with van der Waals surface area (Å²) >= 11 is 0. The summed E-state index contributed by atoms with van der Waals surface area (Å²) in [6.07, 6.45) is 5.62. The number of hydrogen-bond donors (Lipinski definition) is 1. The molecule has 0 bridgehead atoms. The molecule has 0 radical (unpaired) electrons. The van der Waals surface area contributed by atoms with E-state index >= 15 is 0 Å². The summed E-state index contributed by atoms with van der Waals surface area (Å²) in [5.74, 6) is 0.448. The van der Waals surface area contributed by atoms with Crippen molar-refractivity contribution in [3.63, 3.8) is 0 Å². The number of anilines is 1. The molecule has 6 nitrogen and oxygen atoms in total. The molecule has 6 heteroatoms. The summed E-state index contributed by atoms with van der Waals surface area (Å²) in [6, 6.07) is 16.9. The van der Waals surface area contributed by atoms with Crippen LogP contribution in [0.1, 0.15) is 5.56 Å². The minimum Gasteiger partial charge on any atom is -0.380 e. The third-order valence-corrected chi connectivity index (χ3v) is 4.80. The molecule has 0 aliphatic heterocycles. The Morgan fingerprint density at radius 2 is 1.81 bits per heavy atom. The molecule has 132 valence electrons. The monoisotopic (exact) mass is 354 g/mol. The zero-order valence-corrected chi connectivity index (χ0v) is 14.9. The maximum Gasteiger partial charge on any atom is 0.172 e. The highest BCUT2D eigenvalue weighted by molar-refractivity contribution is 5.88. The minimum atomic E-state index is 0.448. The van der Waals surface area contributed by atoms with Crippen molar-refractivity contribution in [3.05, 3.63) is 72.7 Å². The van der Waals surface area contributed by atoms with Crippen LogP contribution in [0.5, 0.6) is 0 Å². The van der Waals surface area contributed by atoms with E-state index < -0.39 is 0 Å². The van der Waals surface area contributed by atoms with Crippen molar-refractivity contribution < 1.29 is 0 Å². The van der Waals surface area contributed by atoms with Crippen LogP contribution in [0.15, 0.2) is 67.1 Å². The molecule has 0 aliphatic rings. The molecule has 3 heterocycles. The number of hydrogen-bond acceptors (Lipinski definition) is 4.